The van der Waals surface area contributed by atoms with Gasteiger partial charge in [0.2, 0.25) is 0 Å². The Morgan fingerprint density at radius 3 is 2.64 bits per heavy atom. The number of alkyl halides is 3. The number of amides is 1. The Hall–Kier alpha value is -2.41. The highest BCUT2D eigenvalue weighted by Gasteiger charge is 2.44. The summed E-state index contributed by atoms with van der Waals surface area (Å²) in [5.41, 5.74) is 3.54. The zero-order valence-corrected chi connectivity index (χ0v) is 15.9. The van der Waals surface area contributed by atoms with Crippen molar-refractivity contribution in [2.45, 2.75) is 31.1 Å². The van der Waals surface area contributed by atoms with E-state index in [-0.39, 0.29) is 0 Å². The van der Waals surface area contributed by atoms with Crippen molar-refractivity contribution >= 4 is 34.6 Å². The summed E-state index contributed by atoms with van der Waals surface area (Å²) in [6.07, 6.45) is -3.78. The fourth-order valence-electron chi connectivity index (χ4n) is 4.24. The maximum Gasteiger partial charge on any atom is 0.471 e. The number of halogens is 4. The molecule has 0 saturated carbocycles. The summed E-state index contributed by atoms with van der Waals surface area (Å²) in [6.45, 7) is 0.665. The van der Waals surface area contributed by atoms with Gasteiger partial charge in [-0.2, -0.15) is 13.2 Å². The van der Waals surface area contributed by atoms with Gasteiger partial charge in [-0.1, -0.05) is 29.8 Å². The van der Waals surface area contributed by atoms with Crippen LogP contribution in [-0.4, -0.2) is 31.7 Å². The third kappa shape index (κ3) is 3.17. The van der Waals surface area contributed by atoms with Gasteiger partial charge in [-0.25, -0.2) is 0 Å². The molecule has 148 valence electrons. The lowest BCUT2D eigenvalue weighted by molar-refractivity contribution is -0.174. The average Bonchev–Trinajstić information content (AvgIpc) is 2.76. The van der Waals surface area contributed by atoms with Gasteiger partial charge in [0.25, 0.3) is 0 Å². The van der Waals surface area contributed by atoms with Crippen LogP contribution in [0.2, 0.25) is 5.02 Å². The number of hydrogen-bond donors (Lipinski definition) is 1. The van der Waals surface area contributed by atoms with Crippen molar-refractivity contribution in [1.29, 1.82) is 0 Å². The first-order chi connectivity index (χ1) is 13.3. The molecule has 1 N–H and O–H groups in total. The molecule has 0 radical (unpaired) electrons. The molecule has 4 rings (SSSR count). The second-order valence-corrected chi connectivity index (χ2v) is 7.55. The highest BCUT2D eigenvalue weighted by atomic mass is 35.5. The number of anilines is 3. The number of rotatable bonds is 1. The number of carbonyl (C=O) groups is 1. The van der Waals surface area contributed by atoms with E-state index in [1.165, 1.54) is 0 Å². The second-order valence-electron chi connectivity index (χ2n) is 7.11. The van der Waals surface area contributed by atoms with E-state index in [9.17, 15) is 18.0 Å². The van der Waals surface area contributed by atoms with Crippen molar-refractivity contribution in [2.75, 3.05) is 23.4 Å². The van der Waals surface area contributed by atoms with Gasteiger partial charge in [-0.15, -0.1) is 0 Å². The van der Waals surface area contributed by atoms with Gasteiger partial charge in [-0.05, 0) is 37.1 Å². The van der Waals surface area contributed by atoms with Gasteiger partial charge < -0.3 is 15.1 Å². The maximum absolute atomic E-state index is 12.9. The first-order valence-corrected chi connectivity index (χ1v) is 9.41. The Bertz CT molecular complexity index is 918. The number of carbonyl (C=O) groups excluding carboxylic acids is 1. The van der Waals surface area contributed by atoms with Gasteiger partial charge >= 0.3 is 12.1 Å². The number of para-hydroxylation sites is 1. The topological polar surface area (TPSA) is 35.6 Å². The Balaban J connectivity index is 1.85. The number of nitrogens with one attached hydrogen (secondary N) is 1. The van der Waals surface area contributed by atoms with Crippen LogP contribution < -0.4 is 15.1 Å². The summed E-state index contributed by atoms with van der Waals surface area (Å²) in [7, 11) is 1.92. The smallest absolute Gasteiger partial charge is 0.361 e. The third-order valence-corrected chi connectivity index (χ3v) is 5.67. The van der Waals surface area contributed by atoms with Crippen LogP contribution in [-0.2, 0) is 4.79 Å². The minimum Gasteiger partial charge on any atom is -0.361 e. The summed E-state index contributed by atoms with van der Waals surface area (Å²) in [5, 5.41) is 2.78. The molecule has 2 aliphatic rings. The van der Waals surface area contributed by atoms with Gasteiger partial charge in [0.05, 0.1) is 23.5 Å². The molecule has 8 heteroatoms. The SMILES string of the molecule is CN1c2ccccc2[C@H]2[C@@H](NC(=O)C(F)(F)F)CCCN2c2cc(Cl)ccc21. The van der Waals surface area contributed by atoms with Crippen molar-refractivity contribution in [2.24, 2.45) is 0 Å². The van der Waals surface area contributed by atoms with Crippen molar-refractivity contribution in [3.8, 4) is 0 Å². The number of benzene rings is 2. The molecule has 0 unspecified atom stereocenters. The molecule has 28 heavy (non-hydrogen) atoms. The molecule has 0 aliphatic carbocycles. The van der Waals surface area contributed by atoms with Crippen LogP contribution in [0, 0.1) is 0 Å². The van der Waals surface area contributed by atoms with E-state index >= 15 is 0 Å². The molecule has 2 aliphatic heterocycles. The molecule has 2 heterocycles. The molecule has 1 amide bonds. The molecule has 0 bridgehead atoms. The van der Waals surface area contributed by atoms with Crippen LogP contribution in [0.1, 0.15) is 24.4 Å². The molecule has 2 aromatic rings. The summed E-state index contributed by atoms with van der Waals surface area (Å²) >= 11 is 6.24. The molecule has 1 fully saturated rings. The lowest BCUT2D eigenvalue weighted by atomic mass is 9.89. The maximum atomic E-state index is 12.9. The van der Waals surface area contributed by atoms with E-state index in [2.05, 4.69) is 10.2 Å². The lowest BCUT2D eigenvalue weighted by Gasteiger charge is -2.43. The Kier molecular flexibility index (Phi) is 4.65. The van der Waals surface area contributed by atoms with Crippen LogP contribution in [0.5, 0.6) is 0 Å². The van der Waals surface area contributed by atoms with Crippen LogP contribution in [0.15, 0.2) is 42.5 Å². The van der Waals surface area contributed by atoms with E-state index in [1.54, 1.807) is 6.07 Å². The predicted octanol–water partition coefficient (Wildman–Crippen LogP) is 4.81. The second kappa shape index (κ2) is 6.88. The summed E-state index contributed by atoms with van der Waals surface area (Å²) < 4.78 is 38.7. The van der Waals surface area contributed by atoms with Gasteiger partial charge in [0, 0.05) is 29.9 Å². The van der Waals surface area contributed by atoms with Gasteiger partial charge in [0.15, 0.2) is 0 Å². The third-order valence-electron chi connectivity index (χ3n) is 5.43. The molecule has 2 atom stereocenters. The standard InChI is InChI=1S/C20H19ClF3N3O/c1-26-15-7-3-2-5-13(15)18-14(25-19(28)20(22,23)24)6-4-10-27(18)17-11-12(21)8-9-16(17)26/h2-3,5,7-9,11,14,18H,4,6,10H2,1H3,(H,25,28)/t14-,18-/m0/s1. The van der Waals surface area contributed by atoms with Crippen LogP contribution in [0.4, 0.5) is 30.2 Å². The largest absolute Gasteiger partial charge is 0.471 e. The fraction of sp³-hybridized carbons (Fsp3) is 0.350. The van der Waals surface area contributed by atoms with Crippen LogP contribution >= 0.6 is 11.6 Å². The molecule has 4 nitrogen and oxygen atoms in total. The van der Waals surface area contributed by atoms with E-state index in [0.29, 0.717) is 24.4 Å². The molecule has 0 spiro atoms. The number of hydrogen-bond acceptors (Lipinski definition) is 3. The van der Waals surface area contributed by atoms with Crippen molar-refractivity contribution < 1.29 is 18.0 Å². The number of nitrogens with zero attached hydrogens (tertiary/aromatic N) is 2. The molecule has 1 saturated heterocycles. The number of fused-ring (bicyclic) bond motifs is 5. The van der Waals surface area contributed by atoms with Crippen LogP contribution in [0.25, 0.3) is 0 Å². The quantitative estimate of drug-likeness (QED) is 0.734. The average molecular weight is 410 g/mol. The minimum atomic E-state index is -4.91. The zero-order chi connectivity index (χ0) is 20.1. The molecular weight excluding hydrogens is 391 g/mol. The zero-order valence-electron chi connectivity index (χ0n) is 15.1. The van der Waals surface area contributed by atoms with Gasteiger partial charge in [-0.3, -0.25) is 4.79 Å². The normalized spacial score (nSPS) is 21.3. The summed E-state index contributed by atoms with van der Waals surface area (Å²) in [6, 6.07) is 12.1. The first kappa shape index (κ1) is 18.9. The molecular formula is C20H19ClF3N3O. The highest BCUT2D eigenvalue weighted by Crippen LogP contribution is 2.48. The Morgan fingerprint density at radius 1 is 1.14 bits per heavy atom. The van der Waals surface area contributed by atoms with Crippen LogP contribution in [0.3, 0.4) is 0 Å². The van der Waals surface area contributed by atoms with E-state index < -0.39 is 24.2 Å². The van der Waals surface area contributed by atoms with Crippen molar-refractivity contribution in [3.63, 3.8) is 0 Å². The fourth-order valence-corrected chi connectivity index (χ4v) is 4.40. The van der Waals surface area contributed by atoms with Crippen molar-refractivity contribution in [1.82, 2.24) is 5.32 Å². The predicted molar refractivity (Wildman–Crippen MR) is 103 cm³/mol. The minimum absolute atomic E-state index is 0.418. The summed E-state index contributed by atoms with van der Waals surface area (Å²) in [5.74, 6) is -1.90. The van der Waals surface area contributed by atoms with E-state index in [4.69, 9.17) is 11.6 Å². The summed E-state index contributed by atoms with van der Waals surface area (Å²) in [4.78, 5) is 15.8. The molecule has 0 aromatic heterocycles. The van der Waals surface area contributed by atoms with E-state index in [0.717, 1.165) is 22.6 Å². The monoisotopic (exact) mass is 409 g/mol. The van der Waals surface area contributed by atoms with Gasteiger partial charge in [0.1, 0.15) is 0 Å². The number of piperidine rings is 1. The Labute approximate surface area is 165 Å². The highest BCUT2D eigenvalue weighted by molar-refractivity contribution is 6.31. The van der Waals surface area contributed by atoms with Crippen molar-refractivity contribution in [3.05, 3.63) is 53.1 Å². The lowest BCUT2D eigenvalue weighted by Crippen LogP contribution is -2.52. The molecule has 2 aromatic carbocycles. The Morgan fingerprint density at radius 2 is 1.89 bits per heavy atom. The first-order valence-electron chi connectivity index (χ1n) is 9.04. The van der Waals surface area contributed by atoms with E-state index in [1.807, 2.05) is 48.3 Å².